The zero-order valence-corrected chi connectivity index (χ0v) is 14.3. The van der Waals surface area contributed by atoms with Crippen molar-refractivity contribution in [3.05, 3.63) is 34.9 Å². The summed E-state index contributed by atoms with van der Waals surface area (Å²) in [4.78, 5) is 5.01. The Kier molecular flexibility index (Phi) is 5.80. The van der Waals surface area contributed by atoms with Crippen molar-refractivity contribution in [2.24, 2.45) is 0 Å². The SMILES string of the molecule is CCNC(c1ccc(C)cc1C)C1CN(C)CCCN1C. The lowest BCUT2D eigenvalue weighted by Gasteiger charge is -2.36. The highest BCUT2D eigenvalue weighted by Gasteiger charge is 2.29. The van der Waals surface area contributed by atoms with E-state index in [-0.39, 0.29) is 0 Å². The average molecular weight is 289 g/mol. The van der Waals surface area contributed by atoms with Crippen molar-refractivity contribution in [1.82, 2.24) is 15.1 Å². The molecule has 1 aromatic carbocycles. The molecule has 2 unspecified atom stereocenters. The van der Waals surface area contributed by atoms with E-state index >= 15 is 0 Å². The maximum Gasteiger partial charge on any atom is 0.0493 e. The molecule has 1 heterocycles. The Labute approximate surface area is 130 Å². The molecule has 2 rings (SSSR count). The average Bonchev–Trinajstić information content (AvgIpc) is 2.58. The number of hydrogen-bond donors (Lipinski definition) is 1. The summed E-state index contributed by atoms with van der Waals surface area (Å²) in [6.45, 7) is 11.1. The second kappa shape index (κ2) is 7.39. The first kappa shape index (κ1) is 16.5. The predicted molar refractivity (Wildman–Crippen MR) is 90.9 cm³/mol. The molecule has 1 N–H and O–H groups in total. The van der Waals surface area contributed by atoms with Gasteiger partial charge in [0.15, 0.2) is 0 Å². The normalized spacial score (nSPS) is 23.0. The molecule has 3 nitrogen and oxygen atoms in total. The van der Waals surface area contributed by atoms with Crippen LogP contribution in [0.1, 0.15) is 36.1 Å². The number of nitrogens with one attached hydrogen (secondary N) is 1. The first-order valence-electron chi connectivity index (χ1n) is 8.22. The van der Waals surface area contributed by atoms with Gasteiger partial charge in [0.2, 0.25) is 0 Å². The van der Waals surface area contributed by atoms with E-state index in [1.807, 2.05) is 0 Å². The molecule has 1 aliphatic heterocycles. The molecule has 1 saturated heterocycles. The third-order valence-corrected chi connectivity index (χ3v) is 4.68. The van der Waals surface area contributed by atoms with Crippen LogP contribution in [0.5, 0.6) is 0 Å². The Morgan fingerprint density at radius 2 is 2.00 bits per heavy atom. The fraction of sp³-hybridized carbons (Fsp3) is 0.667. The van der Waals surface area contributed by atoms with Crippen LogP contribution in [0.3, 0.4) is 0 Å². The fourth-order valence-corrected chi connectivity index (χ4v) is 3.51. The van der Waals surface area contributed by atoms with Gasteiger partial charge in [0, 0.05) is 18.6 Å². The first-order valence-corrected chi connectivity index (χ1v) is 8.22. The third kappa shape index (κ3) is 4.06. The van der Waals surface area contributed by atoms with Crippen LogP contribution >= 0.6 is 0 Å². The first-order chi connectivity index (χ1) is 10.0. The highest BCUT2D eigenvalue weighted by molar-refractivity contribution is 5.34. The van der Waals surface area contributed by atoms with Crippen LogP contribution in [0.2, 0.25) is 0 Å². The molecule has 0 spiro atoms. The van der Waals surface area contributed by atoms with Gasteiger partial charge in [0.1, 0.15) is 0 Å². The quantitative estimate of drug-likeness (QED) is 0.919. The highest BCUT2D eigenvalue weighted by Crippen LogP contribution is 2.26. The van der Waals surface area contributed by atoms with E-state index in [9.17, 15) is 0 Å². The molecule has 0 saturated carbocycles. The van der Waals surface area contributed by atoms with E-state index in [0.29, 0.717) is 12.1 Å². The van der Waals surface area contributed by atoms with Crippen LogP contribution < -0.4 is 5.32 Å². The van der Waals surface area contributed by atoms with Crippen molar-refractivity contribution in [3.63, 3.8) is 0 Å². The largest absolute Gasteiger partial charge is 0.309 e. The summed E-state index contributed by atoms with van der Waals surface area (Å²) < 4.78 is 0. The fourth-order valence-electron chi connectivity index (χ4n) is 3.51. The van der Waals surface area contributed by atoms with Gasteiger partial charge in [-0.05, 0) is 65.1 Å². The van der Waals surface area contributed by atoms with Crippen LogP contribution in [0.4, 0.5) is 0 Å². The maximum absolute atomic E-state index is 3.74. The van der Waals surface area contributed by atoms with E-state index in [1.165, 1.54) is 36.2 Å². The molecule has 1 aromatic rings. The van der Waals surface area contributed by atoms with Gasteiger partial charge in [-0.15, -0.1) is 0 Å². The summed E-state index contributed by atoms with van der Waals surface area (Å²) in [5.74, 6) is 0. The Balaban J connectivity index is 2.31. The molecular formula is C18H31N3. The number of aryl methyl sites for hydroxylation is 2. The van der Waals surface area contributed by atoms with Crippen molar-refractivity contribution in [2.45, 2.75) is 39.3 Å². The molecule has 0 aromatic heterocycles. The molecule has 0 radical (unpaired) electrons. The summed E-state index contributed by atoms with van der Waals surface area (Å²) in [6.07, 6.45) is 1.26. The van der Waals surface area contributed by atoms with E-state index in [2.05, 4.69) is 68.2 Å². The summed E-state index contributed by atoms with van der Waals surface area (Å²) in [5.41, 5.74) is 4.20. The predicted octanol–water partition coefficient (Wildman–Crippen LogP) is 2.59. The molecule has 0 amide bonds. The van der Waals surface area contributed by atoms with Gasteiger partial charge in [-0.3, -0.25) is 0 Å². The van der Waals surface area contributed by atoms with E-state index < -0.39 is 0 Å². The van der Waals surface area contributed by atoms with Gasteiger partial charge >= 0.3 is 0 Å². The Morgan fingerprint density at radius 3 is 2.67 bits per heavy atom. The Morgan fingerprint density at radius 1 is 1.24 bits per heavy atom. The third-order valence-electron chi connectivity index (χ3n) is 4.68. The topological polar surface area (TPSA) is 18.5 Å². The molecule has 2 atom stereocenters. The number of likely N-dealkylation sites (N-methyl/N-ethyl adjacent to an activating group) is 3. The van der Waals surface area contributed by atoms with Gasteiger partial charge < -0.3 is 15.1 Å². The van der Waals surface area contributed by atoms with Crippen LogP contribution in [0.15, 0.2) is 18.2 Å². The van der Waals surface area contributed by atoms with Crippen LogP contribution in [-0.4, -0.2) is 56.1 Å². The lowest BCUT2D eigenvalue weighted by molar-refractivity contribution is 0.179. The van der Waals surface area contributed by atoms with Gasteiger partial charge in [-0.25, -0.2) is 0 Å². The van der Waals surface area contributed by atoms with Crippen molar-refractivity contribution in [2.75, 3.05) is 40.3 Å². The standard InChI is InChI=1S/C18H31N3/c1-6-19-18(16-9-8-14(2)12-15(16)3)17-13-20(4)10-7-11-21(17)5/h8-9,12,17-19H,6-7,10-11,13H2,1-5H3. The van der Waals surface area contributed by atoms with E-state index in [1.54, 1.807) is 0 Å². The summed E-state index contributed by atoms with van der Waals surface area (Å²) >= 11 is 0. The smallest absolute Gasteiger partial charge is 0.0493 e. The Bertz CT molecular complexity index is 458. The van der Waals surface area contributed by atoms with Gasteiger partial charge in [0.05, 0.1) is 0 Å². The second-order valence-electron chi connectivity index (χ2n) is 6.56. The van der Waals surface area contributed by atoms with Crippen molar-refractivity contribution in [1.29, 1.82) is 0 Å². The molecule has 118 valence electrons. The minimum atomic E-state index is 0.404. The van der Waals surface area contributed by atoms with Crippen LogP contribution in [-0.2, 0) is 0 Å². The second-order valence-corrected chi connectivity index (χ2v) is 6.56. The lowest BCUT2D eigenvalue weighted by atomic mass is 9.93. The number of benzene rings is 1. The van der Waals surface area contributed by atoms with Crippen molar-refractivity contribution >= 4 is 0 Å². The molecule has 1 fully saturated rings. The zero-order chi connectivity index (χ0) is 15.4. The monoisotopic (exact) mass is 289 g/mol. The highest BCUT2D eigenvalue weighted by atomic mass is 15.2. The minimum absolute atomic E-state index is 0.404. The maximum atomic E-state index is 3.74. The molecule has 0 bridgehead atoms. The summed E-state index contributed by atoms with van der Waals surface area (Å²) in [7, 11) is 4.52. The van der Waals surface area contributed by atoms with Gasteiger partial charge in [-0.1, -0.05) is 30.7 Å². The minimum Gasteiger partial charge on any atom is -0.309 e. The summed E-state index contributed by atoms with van der Waals surface area (Å²) in [5, 5.41) is 3.74. The molecule has 1 aliphatic rings. The van der Waals surface area contributed by atoms with Crippen molar-refractivity contribution < 1.29 is 0 Å². The molecule has 0 aliphatic carbocycles. The van der Waals surface area contributed by atoms with Gasteiger partial charge in [0.25, 0.3) is 0 Å². The molecule has 21 heavy (non-hydrogen) atoms. The van der Waals surface area contributed by atoms with Crippen LogP contribution in [0.25, 0.3) is 0 Å². The number of hydrogen-bond acceptors (Lipinski definition) is 3. The number of nitrogens with zero attached hydrogens (tertiary/aromatic N) is 2. The lowest BCUT2D eigenvalue weighted by Crippen LogP contribution is -2.47. The zero-order valence-electron chi connectivity index (χ0n) is 14.3. The molecule has 3 heteroatoms. The Hall–Kier alpha value is -0.900. The summed E-state index contributed by atoms with van der Waals surface area (Å²) in [6, 6.07) is 7.80. The van der Waals surface area contributed by atoms with Crippen molar-refractivity contribution in [3.8, 4) is 0 Å². The van der Waals surface area contributed by atoms with Gasteiger partial charge in [-0.2, -0.15) is 0 Å². The number of rotatable bonds is 4. The van der Waals surface area contributed by atoms with Crippen LogP contribution in [0, 0.1) is 13.8 Å². The molecular weight excluding hydrogens is 258 g/mol. The van der Waals surface area contributed by atoms with E-state index in [0.717, 1.165) is 13.1 Å². The van der Waals surface area contributed by atoms with E-state index in [4.69, 9.17) is 0 Å².